The molecule has 0 heterocycles. The summed E-state index contributed by atoms with van der Waals surface area (Å²) < 4.78 is 43.4. The van der Waals surface area contributed by atoms with Crippen LogP contribution >= 0.6 is 0 Å². The van der Waals surface area contributed by atoms with Crippen molar-refractivity contribution < 1.29 is 27.8 Å². The second-order valence-electron chi connectivity index (χ2n) is 6.07. The summed E-state index contributed by atoms with van der Waals surface area (Å²) in [5.41, 5.74) is 0.731. The van der Waals surface area contributed by atoms with Gasteiger partial charge in [0.2, 0.25) is 0 Å². The molecule has 5 nitrogen and oxygen atoms in total. The molecule has 0 saturated carbocycles. The summed E-state index contributed by atoms with van der Waals surface area (Å²) in [5, 5.41) is 0. The first-order valence-electron chi connectivity index (χ1n) is 8.43. The molecule has 0 atom stereocenters. The van der Waals surface area contributed by atoms with Gasteiger partial charge in [0, 0.05) is 11.6 Å². The van der Waals surface area contributed by atoms with Gasteiger partial charge in [-0.1, -0.05) is 0 Å². The fourth-order valence-electron chi connectivity index (χ4n) is 2.61. The largest absolute Gasteiger partial charge is 0.497 e. The Bertz CT molecular complexity index is 796. The number of methoxy groups -OCH3 is 2. The van der Waals surface area contributed by atoms with E-state index in [-0.39, 0.29) is 24.1 Å². The van der Waals surface area contributed by atoms with Crippen molar-refractivity contribution >= 4 is 11.6 Å². The molecule has 0 spiro atoms. The third-order valence-electron chi connectivity index (χ3n) is 3.81. The summed E-state index contributed by atoms with van der Waals surface area (Å²) >= 11 is 0. The van der Waals surface area contributed by atoms with Crippen molar-refractivity contribution in [3.05, 3.63) is 47.8 Å². The second-order valence-corrected chi connectivity index (χ2v) is 6.07. The third kappa shape index (κ3) is 5.09. The molecule has 0 saturated heterocycles. The van der Waals surface area contributed by atoms with Crippen LogP contribution in [0.3, 0.4) is 0 Å². The van der Waals surface area contributed by atoms with Crippen molar-refractivity contribution in [1.82, 2.24) is 0 Å². The highest BCUT2D eigenvalue weighted by Crippen LogP contribution is 2.34. The molecule has 0 aliphatic heterocycles. The SMILES string of the molecule is COc1ccc(OC)c(CN(C(=O)CF)c2cc(F)ccc2OC(C)C)c1. The highest BCUT2D eigenvalue weighted by Gasteiger charge is 2.23. The zero-order valence-electron chi connectivity index (χ0n) is 15.8. The van der Waals surface area contributed by atoms with Gasteiger partial charge >= 0.3 is 0 Å². The molecule has 0 aromatic heterocycles. The number of hydrogen-bond donors (Lipinski definition) is 0. The van der Waals surface area contributed by atoms with E-state index in [1.807, 2.05) is 0 Å². The van der Waals surface area contributed by atoms with Gasteiger partial charge in [-0.3, -0.25) is 4.79 Å². The molecule has 2 aromatic carbocycles. The summed E-state index contributed by atoms with van der Waals surface area (Å²) in [4.78, 5) is 13.5. The fraction of sp³-hybridized carbons (Fsp3) is 0.350. The molecule has 2 rings (SSSR count). The lowest BCUT2D eigenvalue weighted by Gasteiger charge is -2.26. The number of amides is 1. The molecule has 7 heteroatoms. The molecule has 0 N–H and O–H groups in total. The minimum Gasteiger partial charge on any atom is -0.497 e. The van der Waals surface area contributed by atoms with E-state index >= 15 is 0 Å². The molecule has 146 valence electrons. The molecular formula is C20H23F2NO4. The van der Waals surface area contributed by atoms with Gasteiger partial charge in [0.1, 0.15) is 23.1 Å². The van der Waals surface area contributed by atoms with Crippen molar-refractivity contribution in [2.75, 3.05) is 25.8 Å². The van der Waals surface area contributed by atoms with Crippen molar-refractivity contribution in [1.29, 1.82) is 0 Å². The maximum absolute atomic E-state index is 13.9. The minimum absolute atomic E-state index is 0.0406. The zero-order valence-corrected chi connectivity index (χ0v) is 15.8. The maximum atomic E-state index is 13.9. The number of hydrogen-bond acceptors (Lipinski definition) is 4. The Morgan fingerprint density at radius 3 is 2.37 bits per heavy atom. The van der Waals surface area contributed by atoms with Crippen LogP contribution in [0.4, 0.5) is 14.5 Å². The molecule has 1 amide bonds. The smallest absolute Gasteiger partial charge is 0.258 e. The number of rotatable bonds is 8. The molecule has 0 aliphatic carbocycles. The van der Waals surface area contributed by atoms with Crippen LogP contribution in [0.1, 0.15) is 19.4 Å². The van der Waals surface area contributed by atoms with E-state index < -0.39 is 18.4 Å². The summed E-state index contributed by atoms with van der Waals surface area (Å²) in [6.45, 7) is 2.34. The van der Waals surface area contributed by atoms with Crippen molar-refractivity contribution in [2.45, 2.75) is 26.5 Å². The number of ether oxygens (including phenoxy) is 3. The van der Waals surface area contributed by atoms with E-state index in [0.29, 0.717) is 17.1 Å². The van der Waals surface area contributed by atoms with Gasteiger partial charge in [-0.2, -0.15) is 0 Å². The van der Waals surface area contributed by atoms with Crippen LogP contribution < -0.4 is 19.1 Å². The van der Waals surface area contributed by atoms with Crippen LogP contribution in [0.15, 0.2) is 36.4 Å². The van der Waals surface area contributed by atoms with Gasteiger partial charge in [0.25, 0.3) is 5.91 Å². The normalized spacial score (nSPS) is 10.6. The molecule has 0 radical (unpaired) electrons. The minimum atomic E-state index is -1.23. The Labute approximate surface area is 157 Å². The summed E-state index contributed by atoms with van der Waals surface area (Å²) in [6.07, 6.45) is -0.206. The molecular weight excluding hydrogens is 356 g/mol. The Kier molecular flexibility index (Phi) is 6.98. The van der Waals surface area contributed by atoms with Crippen LogP contribution in [0, 0.1) is 5.82 Å². The van der Waals surface area contributed by atoms with Gasteiger partial charge in [-0.05, 0) is 44.2 Å². The monoisotopic (exact) mass is 379 g/mol. The maximum Gasteiger partial charge on any atom is 0.258 e. The molecule has 0 unspecified atom stereocenters. The molecule has 27 heavy (non-hydrogen) atoms. The highest BCUT2D eigenvalue weighted by molar-refractivity contribution is 5.95. The van der Waals surface area contributed by atoms with Gasteiger partial charge in [0.15, 0.2) is 6.67 Å². The van der Waals surface area contributed by atoms with E-state index in [1.165, 1.54) is 26.4 Å². The second kappa shape index (κ2) is 9.21. The van der Waals surface area contributed by atoms with Crippen LogP contribution in [-0.4, -0.2) is 32.9 Å². The van der Waals surface area contributed by atoms with E-state index in [0.717, 1.165) is 11.0 Å². The predicted octanol–water partition coefficient (Wildman–Crippen LogP) is 4.13. The number of carbonyl (C=O) groups is 1. The first kappa shape index (κ1) is 20.5. The number of halogens is 2. The first-order valence-corrected chi connectivity index (χ1v) is 8.43. The average Bonchev–Trinajstić information content (AvgIpc) is 2.66. The lowest BCUT2D eigenvalue weighted by Crippen LogP contribution is -2.32. The van der Waals surface area contributed by atoms with Gasteiger partial charge in [-0.25, -0.2) is 8.78 Å². The molecule has 0 aliphatic rings. The standard InChI is InChI=1S/C20H23F2NO4/c1-13(2)27-19-7-5-15(22)10-17(19)23(20(24)11-21)12-14-9-16(25-3)6-8-18(14)26-4/h5-10,13H,11-12H2,1-4H3. The molecule has 0 bridgehead atoms. The quantitative estimate of drug-likeness (QED) is 0.692. The van der Waals surface area contributed by atoms with Crippen LogP contribution in [0.2, 0.25) is 0 Å². The van der Waals surface area contributed by atoms with Crippen LogP contribution in [0.25, 0.3) is 0 Å². The highest BCUT2D eigenvalue weighted by atomic mass is 19.1. The summed E-state index contributed by atoms with van der Waals surface area (Å²) in [6, 6.07) is 8.87. The predicted molar refractivity (Wildman–Crippen MR) is 98.9 cm³/mol. The van der Waals surface area contributed by atoms with E-state index in [1.54, 1.807) is 32.0 Å². The Balaban J connectivity index is 2.52. The van der Waals surface area contributed by atoms with Crippen molar-refractivity contribution in [2.24, 2.45) is 0 Å². The Morgan fingerprint density at radius 2 is 1.78 bits per heavy atom. The molecule has 2 aromatic rings. The van der Waals surface area contributed by atoms with Crippen LogP contribution in [-0.2, 0) is 11.3 Å². The van der Waals surface area contributed by atoms with Gasteiger partial charge < -0.3 is 19.1 Å². The number of alkyl halides is 1. The fourth-order valence-corrected chi connectivity index (χ4v) is 2.61. The van der Waals surface area contributed by atoms with Gasteiger partial charge in [0.05, 0.1) is 32.6 Å². The number of benzene rings is 2. The lowest BCUT2D eigenvalue weighted by atomic mass is 10.1. The van der Waals surface area contributed by atoms with E-state index in [4.69, 9.17) is 14.2 Å². The number of carbonyl (C=O) groups excluding carboxylic acids is 1. The average molecular weight is 379 g/mol. The molecule has 0 fully saturated rings. The van der Waals surface area contributed by atoms with Crippen molar-refractivity contribution in [3.63, 3.8) is 0 Å². The zero-order chi connectivity index (χ0) is 20.0. The van der Waals surface area contributed by atoms with Gasteiger partial charge in [-0.15, -0.1) is 0 Å². The Hall–Kier alpha value is -2.83. The van der Waals surface area contributed by atoms with Crippen molar-refractivity contribution in [3.8, 4) is 17.2 Å². The topological polar surface area (TPSA) is 48.0 Å². The van der Waals surface area contributed by atoms with Crippen LogP contribution in [0.5, 0.6) is 17.2 Å². The summed E-state index contributed by atoms with van der Waals surface area (Å²) in [5.74, 6) is -0.0453. The third-order valence-corrected chi connectivity index (χ3v) is 3.81. The Morgan fingerprint density at radius 1 is 1.07 bits per heavy atom. The van der Waals surface area contributed by atoms with E-state index in [2.05, 4.69) is 0 Å². The number of anilines is 1. The lowest BCUT2D eigenvalue weighted by molar-refractivity contribution is -0.119. The van der Waals surface area contributed by atoms with E-state index in [9.17, 15) is 13.6 Å². The number of nitrogens with zero attached hydrogens (tertiary/aromatic N) is 1. The first-order chi connectivity index (χ1) is 12.9. The summed E-state index contributed by atoms with van der Waals surface area (Å²) in [7, 11) is 3.00.